The summed E-state index contributed by atoms with van der Waals surface area (Å²) >= 11 is 13.3. The van der Waals surface area contributed by atoms with E-state index in [1.54, 1.807) is 30.3 Å². The van der Waals surface area contributed by atoms with Crippen molar-refractivity contribution in [3.63, 3.8) is 0 Å². The first kappa shape index (κ1) is 24.1. The van der Waals surface area contributed by atoms with E-state index < -0.39 is 6.10 Å². The summed E-state index contributed by atoms with van der Waals surface area (Å²) in [6.45, 7) is 1.83. The van der Waals surface area contributed by atoms with Gasteiger partial charge in [0.15, 0.2) is 17.1 Å². The van der Waals surface area contributed by atoms with Gasteiger partial charge >= 0.3 is 0 Å². The van der Waals surface area contributed by atoms with Crippen LogP contribution < -0.4 is 10.1 Å². The molecule has 1 atom stereocenters. The number of carbonyl (C=O) groups is 1. The van der Waals surface area contributed by atoms with E-state index in [0.29, 0.717) is 32.5 Å². The summed E-state index contributed by atoms with van der Waals surface area (Å²) in [5.41, 5.74) is 1.25. The zero-order chi connectivity index (χ0) is 24.1. The average Bonchev–Trinajstić information content (AvgIpc) is 3.26. The van der Waals surface area contributed by atoms with Crippen molar-refractivity contribution >= 4 is 46.6 Å². The molecule has 0 saturated heterocycles. The molecule has 1 unspecified atom stereocenters. The minimum atomic E-state index is -0.494. The number of halogens is 3. The van der Waals surface area contributed by atoms with Crippen LogP contribution >= 0.6 is 35.0 Å². The van der Waals surface area contributed by atoms with Crippen LogP contribution in [0.2, 0.25) is 10.0 Å². The molecule has 34 heavy (non-hydrogen) atoms. The second kappa shape index (κ2) is 10.9. The molecule has 0 radical (unpaired) electrons. The van der Waals surface area contributed by atoms with Crippen molar-refractivity contribution in [1.29, 1.82) is 0 Å². The van der Waals surface area contributed by atoms with E-state index in [0.717, 1.165) is 5.69 Å². The smallest absolute Gasteiger partial charge is 0.234 e. The lowest BCUT2D eigenvalue weighted by atomic mass is 10.3. The normalized spacial score (nSPS) is 11.8. The van der Waals surface area contributed by atoms with E-state index >= 15 is 0 Å². The number of anilines is 1. The molecule has 174 valence electrons. The third-order valence-electron chi connectivity index (χ3n) is 4.70. The maximum Gasteiger partial charge on any atom is 0.234 e. The molecule has 0 aliphatic rings. The van der Waals surface area contributed by atoms with Crippen molar-refractivity contribution in [2.45, 2.75) is 18.2 Å². The lowest BCUT2D eigenvalue weighted by Gasteiger charge is -2.16. The minimum Gasteiger partial charge on any atom is -0.483 e. The van der Waals surface area contributed by atoms with E-state index in [1.165, 1.54) is 23.9 Å². The van der Waals surface area contributed by atoms with Crippen molar-refractivity contribution in [3.05, 3.63) is 94.5 Å². The summed E-state index contributed by atoms with van der Waals surface area (Å²) in [7, 11) is 0. The van der Waals surface area contributed by atoms with Gasteiger partial charge in [-0.15, -0.1) is 10.2 Å². The zero-order valence-corrected chi connectivity index (χ0v) is 20.2. The first-order chi connectivity index (χ1) is 16.4. The van der Waals surface area contributed by atoms with Gasteiger partial charge in [-0.2, -0.15) is 0 Å². The van der Waals surface area contributed by atoms with Gasteiger partial charge in [0.05, 0.1) is 16.5 Å². The highest BCUT2D eigenvalue weighted by atomic mass is 35.5. The number of rotatable bonds is 8. The summed E-state index contributed by atoms with van der Waals surface area (Å²) in [6.07, 6.45) is -0.494. The Hall–Kier alpha value is -3.07. The van der Waals surface area contributed by atoms with Gasteiger partial charge in [0.2, 0.25) is 5.91 Å². The van der Waals surface area contributed by atoms with E-state index in [9.17, 15) is 9.18 Å². The molecule has 6 nitrogen and oxygen atoms in total. The highest BCUT2D eigenvalue weighted by Crippen LogP contribution is 2.29. The van der Waals surface area contributed by atoms with Crippen molar-refractivity contribution in [2.24, 2.45) is 0 Å². The molecular weight excluding hydrogens is 498 g/mol. The third kappa shape index (κ3) is 5.88. The van der Waals surface area contributed by atoms with Crippen LogP contribution in [-0.4, -0.2) is 26.4 Å². The molecule has 0 aliphatic carbocycles. The SMILES string of the molecule is CC(Oc1ccc(F)cc1)c1nnc(SCC(=O)Nc2cc(Cl)ccc2Cl)n1-c1ccccc1. The standard InChI is InChI=1S/C24H19Cl2FN4O2S/c1-15(33-19-10-8-17(27)9-11-19)23-29-30-24(31(23)18-5-3-2-4-6-18)34-14-22(32)28-21-13-16(25)7-12-20(21)26/h2-13,15H,14H2,1H3,(H,28,32). The van der Waals surface area contributed by atoms with Gasteiger partial charge in [0, 0.05) is 10.7 Å². The van der Waals surface area contributed by atoms with E-state index in [4.69, 9.17) is 27.9 Å². The van der Waals surface area contributed by atoms with Crippen LogP contribution in [-0.2, 0) is 4.79 Å². The van der Waals surface area contributed by atoms with Gasteiger partial charge in [0.1, 0.15) is 11.6 Å². The Balaban J connectivity index is 1.54. The number of benzene rings is 3. The Morgan fingerprint density at radius 1 is 1.09 bits per heavy atom. The quantitative estimate of drug-likeness (QED) is 0.267. The van der Waals surface area contributed by atoms with Crippen LogP contribution in [0.3, 0.4) is 0 Å². The topological polar surface area (TPSA) is 69.0 Å². The number of ether oxygens (including phenoxy) is 1. The highest BCUT2D eigenvalue weighted by molar-refractivity contribution is 7.99. The van der Waals surface area contributed by atoms with Crippen LogP contribution in [0.4, 0.5) is 10.1 Å². The summed E-state index contributed by atoms with van der Waals surface area (Å²) in [5, 5.41) is 12.7. The molecule has 3 aromatic carbocycles. The van der Waals surface area contributed by atoms with Gasteiger partial charge in [-0.25, -0.2) is 4.39 Å². The highest BCUT2D eigenvalue weighted by Gasteiger charge is 2.22. The van der Waals surface area contributed by atoms with Crippen LogP contribution in [0.5, 0.6) is 5.75 Å². The van der Waals surface area contributed by atoms with Gasteiger partial charge in [0.25, 0.3) is 0 Å². The molecule has 4 rings (SSSR count). The summed E-state index contributed by atoms with van der Waals surface area (Å²) in [6, 6.07) is 20.1. The Kier molecular flexibility index (Phi) is 7.72. The predicted octanol–water partition coefficient (Wildman–Crippen LogP) is 6.58. The molecule has 1 N–H and O–H groups in total. The van der Waals surface area contributed by atoms with Gasteiger partial charge in [-0.3, -0.25) is 9.36 Å². The molecular formula is C24H19Cl2FN4O2S. The number of nitrogens with zero attached hydrogens (tertiary/aromatic N) is 3. The molecule has 1 aromatic heterocycles. The number of nitrogens with one attached hydrogen (secondary N) is 1. The van der Waals surface area contributed by atoms with E-state index in [-0.39, 0.29) is 17.5 Å². The third-order valence-corrected chi connectivity index (χ3v) is 6.19. The fourth-order valence-corrected chi connectivity index (χ4v) is 4.23. The lowest BCUT2D eigenvalue weighted by Crippen LogP contribution is -2.15. The molecule has 0 spiro atoms. The molecule has 10 heteroatoms. The Morgan fingerprint density at radius 2 is 1.82 bits per heavy atom. The monoisotopic (exact) mass is 516 g/mol. The molecule has 0 saturated carbocycles. The number of hydrogen-bond donors (Lipinski definition) is 1. The largest absolute Gasteiger partial charge is 0.483 e. The molecule has 0 aliphatic heterocycles. The van der Waals surface area contributed by atoms with Gasteiger partial charge < -0.3 is 10.1 Å². The van der Waals surface area contributed by atoms with Crippen molar-refractivity contribution < 1.29 is 13.9 Å². The Bertz CT molecular complexity index is 1290. The molecule has 4 aromatic rings. The fourth-order valence-electron chi connectivity index (χ4n) is 3.14. The first-order valence-corrected chi connectivity index (χ1v) is 12.0. The van der Waals surface area contributed by atoms with Crippen LogP contribution in [0, 0.1) is 5.82 Å². The van der Waals surface area contributed by atoms with Crippen molar-refractivity contribution in [1.82, 2.24) is 14.8 Å². The van der Waals surface area contributed by atoms with Crippen molar-refractivity contribution in [3.8, 4) is 11.4 Å². The molecule has 1 amide bonds. The lowest BCUT2D eigenvalue weighted by molar-refractivity contribution is -0.113. The number of amides is 1. The maximum atomic E-state index is 13.2. The molecule has 0 fully saturated rings. The molecule has 0 bridgehead atoms. The van der Waals surface area contributed by atoms with Crippen LogP contribution in [0.25, 0.3) is 5.69 Å². The second-order valence-electron chi connectivity index (χ2n) is 7.19. The summed E-state index contributed by atoms with van der Waals surface area (Å²) < 4.78 is 21.0. The maximum absolute atomic E-state index is 13.2. The number of carbonyl (C=O) groups excluding carboxylic acids is 1. The van der Waals surface area contributed by atoms with E-state index in [1.807, 2.05) is 41.8 Å². The summed E-state index contributed by atoms with van der Waals surface area (Å²) in [4.78, 5) is 12.6. The number of thioether (sulfide) groups is 1. The van der Waals surface area contributed by atoms with Gasteiger partial charge in [-0.1, -0.05) is 53.2 Å². The fraction of sp³-hybridized carbons (Fsp3) is 0.125. The minimum absolute atomic E-state index is 0.0704. The van der Waals surface area contributed by atoms with Gasteiger partial charge in [-0.05, 0) is 61.5 Å². The number of para-hydroxylation sites is 1. The Morgan fingerprint density at radius 3 is 2.56 bits per heavy atom. The zero-order valence-electron chi connectivity index (χ0n) is 17.9. The number of aromatic nitrogens is 3. The predicted molar refractivity (Wildman–Crippen MR) is 133 cm³/mol. The Labute approximate surface area is 210 Å². The first-order valence-electron chi connectivity index (χ1n) is 10.2. The van der Waals surface area contributed by atoms with Crippen molar-refractivity contribution in [2.75, 3.05) is 11.1 Å². The average molecular weight is 517 g/mol. The second-order valence-corrected chi connectivity index (χ2v) is 8.97. The number of hydrogen-bond acceptors (Lipinski definition) is 5. The molecule has 1 heterocycles. The summed E-state index contributed by atoms with van der Waals surface area (Å²) in [5.74, 6) is 0.498. The van der Waals surface area contributed by atoms with Crippen LogP contribution in [0.1, 0.15) is 18.9 Å². The van der Waals surface area contributed by atoms with Crippen LogP contribution in [0.15, 0.2) is 78.0 Å². The van der Waals surface area contributed by atoms with E-state index in [2.05, 4.69) is 15.5 Å².